The van der Waals surface area contributed by atoms with Crippen molar-refractivity contribution in [3.05, 3.63) is 224 Å². The predicted molar refractivity (Wildman–Crippen MR) is 245 cm³/mol. The van der Waals surface area contributed by atoms with Gasteiger partial charge in [0.25, 0.3) is 0 Å². The van der Waals surface area contributed by atoms with Crippen molar-refractivity contribution in [3.8, 4) is 44.5 Å². The molecule has 11 aromatic rings. The van der Waals surface area contributed by atoms with Gasteiger partial charge in [0, 0.05) is 32.8 Å². The maximum atomic E-state index is 6.53. The molecule has 0 amide bonds. The largest absolute Gasteiger partial charge is 0.455 e. The van der Waals surface area contributed by atoms with Crippen molar-refractivity contribution in [3.63, 3.8) is 0 Å². The van der Waals surface area contributed by atoms with Crippen LogP contribution in [0.3, 0.4) is 0 Å². The van der Waals surface area contributed by atoms with E-state index in [4.69, 9.17) is 4.42 Å². The van der Waals surface area contributed by atoms with Crippen molar-refractivity contribution >= 4 is 60.5 Å². The van der Waals surface area contributed by atoms with Gasteiger partial charge in [-0.1, -0.05) is 188 Å². The average molecular weight is 740 g/mol. The smallest absolute Gasteiger partial charge is 0.143 e. The third-order valence-electron chi connectivity index (χ3n) is 11.5. The quantitative estimate of drug-likeness (QED) is 0.162. The Morgan fingerprint density at radius 2 is 0.862 bits per heavy atom. The summed E-state index contributed by atoms with van der Waals surface area (Å²) in [5.41, 5.74) is 14.5. The molecule has 58 heavy (non-hydrogen) atoms. The zero-order chi connectivity index (χ0) is 38.4. The van der Waals surface area contributed by atoms with Crippen molar-refractivity contribution in [1.29, 1.82) is 0 Å². The molecular weight excluding hydrogens is 703 g/mol. The Labute approximate surface area is 337 Å². The highest BCUT2D eigenvalue weighted by atomic mass is 16.3. The first-order valence-corrected chi connectivity index (χ1v) is 19.8. The standard InChI is InChI=1S/C56H37NO/c1-3-15-39(16-4-1)44-35-36-54(48-23-10-9-22-46(44)48)57(53-27-13-20-40-19-7-8-21-45(40)53)43-32-29-38(30-33-43)42-31-34-47(52(37-42)41-17-5-2-6-18-41)50-25-14-26-51-49-24-11-12-28-55(49)58-56(50)51/h1-37H. The third-order valence-corrected chi connectivity index (χ3v) is 11.5. The fourth-order valence-electron chi connectivity index (χ4n) is 8.74. The Bertz CT molecular complexity index is 3270. The second-order valence-corrected chi connectivity index (χ2v) is 14.8. The van der Waals surface area contributed by atoms with E-state index in [1.807, 2.05) is 12.1 Å². The fourth-order valence-corrected chi connectivity index (χ4v) is 8.74. The molecule has 0 radical (unpaired) electrons. The van der Waals surface area contributed by atoms with Crippen LogP contribution in [0.2, 0.25) is 0 Å². The lowest BCUT2D eigenvalue weighted by atomic mass is 9.90. The maximum Gasteiger partial charge on any atom is 0.143 e. The first-order valence-electron chi connectivity index (χ1n) is 19.8. The Kier molecular flexibility index (Phi) is 8.19. The molecule has 0 saturated carbocycles. The Morgan fingerprint density at radius 3 is 1.66 bits per heavy atom. The third kappa shape index (κ3) is 5.74. The highest BCUT2D eigenvalue weighted by molar-refractivity contribution is 6.11. The minimum atomic E-state index is 0.903. The number of furan rings is 1. The summed E-state index contributed by atoms with van der Waals surface area (Å²) >= 11 is 0. The van der Waals surface area contributed by atoms with Crippen LogP contribution in [0.5, 0.6) is 0 Å². The fraction of sp³-hybridized carbons (Fsp3) is 0. The van der Waals surface area contributed by atoms with Gasteiger partial charge >= 0.3 is 0 Å². The molecule has 0 unspecified atom stereocenters. The molecular formula is C56H37NO. The summed E-state index contributed by atoms with van der Waals surface area (Å²) in [6, 6.07) is 80.6. The maximum absolute atomic E-state index is 6.53. The minimum Gasteiger partial charge on any atom is -0.455 e. The number of benzene rings is 10. The van der Waals surface area contributed by atoms with Crippen LogP contribution in [0.1, 0.15) is 0 Å². The number of anilines is 3. The lowest BCUT2D eigenvalue weighted by molar-refractivity contribution is 0.670. The molecule has 0 saturated heterocycles. The molecule has 0 aliphatic carbocycles. The molecule has 0 aliphatic rings. The lowest BCUT2D eigenvalue weighted by Crippen LogP contribution is -2.11. The van der Waals surface area contributed by atoms with E-state index in [-0.39, 0.29) is 0 Å². The number of hydrogen-bond acceptors (Lipinski definition) is 2. The van der Waals surface area contributed by atoms with E-state index < -0.39 is 0 Å². The van der Waals surface area contributed by atoms with E-state index in [0.29, 0.717) is 0 Å². The second-order valence-electron chi connectivity index (χ2n) is 14.8. The van der Waals surface area contributed by atoms with Crippen LogP contribution < -0.4 is 4.90 Å². The van der Waals surface area contributed by atoms with Gasteiger partial charge in [0.1, 0.15) is 11.2 Å². The number of fused-ring (bicyclic) bond motifs is 5. The van der Waals surface area contributed by atoms with Crippen LogP contribution in [0.25, 0.3) is 88.0 Å². The average Bonchev–Trinajstić information content (AvgIpc) is 3.69. The number of nitrogens with zero attached hydrogens (tertiary/aromatic N) is 1. The van der Waals surface area contributed by atoms with E-state index in [0.717, 1.165) is 72.4 Å². The van der Waals surface area contributed by atoms with Gasteiger partial charge in [-0.15, -0.1) is 0 Å². The number of hydrogen-bond donors (Lipinski definition) is 0. The van der Waals surface area contributed by atoms with Crippen LogP contribution >= 0.6 is 0 Å². The Morgan fingerprint density at radius 1 is 0.293 bits per heavy atom. The highest BCUT2D eigenvalue weighted by Crippen LogP contribution is 2.45. The van der Waals surface area contributed by atoms with Gasteiger partial charge in [-0.25, -0.2) is 0 Å². The van der Waals surface area contributed by atoms with E-state index in [1.54, 1.807) is 0 Å². The SMILES string of the molecule is c1ccc(-c2cc(-c3ccc(N(c4cccc5ccccc45)c4ccc(-c5ccccc5)c5ccccc45)cc3)ccc2-c2cccc3c2oc2ccccc23)cc1. The van der Waals surface area contributed by atoms with Crippen molar-refractivity contribution < 1.29 is 4.42 Å². The van der Waals surface area contributed by atoms with E-state index in [1.165, 1.54) is 32.7 Å². The van der Waals surface area contributed by atoms with E-state index in [9.17, 15) is 0 Å². The zero-order valence-electron chi connectivity index (χ0n) is 31.7. The van der Waals surface area contributed by atoms with Crippen LogP contribution in [0, 0.1) is 0 Å². The molecule has 2 nitrogen and oxygen atoms in total. The normalized spacial score (nSPS) is 11.4. The van der Waals surface area contributed by atoms with Gasteiger partial charge in [-0.3, -0.25) is 0 Å². The summed E-state index contributed by atoms with van der Waals surface area (Å²) in [4.78, 5) is 2.43. The van der Waals surface area contributed by atoms with Gasteiger partial charge in [0.05, 0.1) is 11.4 Å². The van der Waals surface area contributed by atoms with Crippen molar-refractivity contribution in [2.45, 2.75) is 0 Å². The van der Waals surface area contributed by atoms with Gasteiger partial charge in [0.2, 0.25) is 0 Å². The van der Waals surface area contributed by atoms with Crippen molar-refractivity contribution in [2.75, 3.05) is 4.90 Å². The summed E-state index contributed by atoms with van der Waals surface area (Å²) in [6.07, 6.45) is 0. The van der Waals surface area contributed by atoms with Gasteiger partial charge < -0.3 is 9.32 Å². The molecule has 1 aromatic heterocycles. The van der Waals surface area contributed by atoms with E-state index >= 15 is 0 Å². The molecule has 272 valence electrons. The predicted octanol–water partition coefficient (Wildman–Crippen LogP) is 16.0. The molecule has 0 aliphatic heterocycles. The lowest BCUT2D eigenvalue weighted by Gasteiger charge is -2.29. The van der Waals surface area contributed by atoms with Crippen molar-refractivity contribution in [2.24, 2.45) is 0 Å². The number of rotatable bonds is 7. The highest BCUT2D eigenvalue weighted by Gasteiger charge is 2.20. The molecule has 11 rings (SSSR count). The second kappa shape index (κ2) is 14.1. The van der Waals surface area contributed by atoms with Crippen LogP contribution in [0.4, 0.5) is 17.1 Å². The monoisotopic (exact) mass is 739 g/mol. The first kappa shape index (κ1) is 33.6. The Hall–Kier alpha value is -7.68. The number of para-hydroxylation sites is 2. The molecule has 0 bridgehead atoms. The van der Waals surface area contributed by atoms with Gasteiger partial charge in [-0.2, -0.15) is 0 Å². The summed E-state index contributed by atoms with van der Waals surface area (Å²) in [6.45, 7) is 0. The molecule has 10 aromatic carbocycles. The summed E-state index contributed by atoms with van der Waals surface area (Å²) in [7, 11) is 0. The minimum absolute atomic E-state index is 0.903. The van der Waals surface area contributed by atoms with Crippen molar-refractivity contribution in [1.82, 2.24) is 0 Å². The van der Waals surface area contributed by atoms with Crippen LogP contribution in [-0.2, 0) is 0 Å². The molecule has 1 heterocycles. The van der Waals surface area contributed by atoms with Gasteiger partial charge in [-0.05, 0) is 86.1 Å². The first-order chi connectivity index (χ1) is 28.8. The molecule has 2 heteroatoms. The van der Waals surface area contributed by atoms with Crippen LogP contribution in [-0.4, -0.2) is 0 Å². The topological polar surface area (TPSA) is 16.4 Å². The molecule has 0 atom stereocenters. The van der Waals surface area contributed by atoms with Gasteiger partial charge in [0.15, 0.2) is 0 Å². The summed E-state index contributed by atoms with van der Waals surface area (Å²) in [5.74, 6) is 0. The molecule has 0 spiro atoms. The van der Waals surface area contributed by atoms with E-state index in [2.05, 4.69) is 217 Å². The molecule has 0 N–H and O–H groups in total. The molecule has 0 fully saturated rings. The van der Waals surface area contributed by atoms with Crippen LogP contribution in [0.15, 0.2) is 229 Å². The zero-order valence-corrected chi connectivity index (χ0v) is 31.7. The summed E-state index contributed by atoms with van der Waals surface area (Å²) < 4.78 is 6.53. The Balaban J connectivity index is 1.06. The summed E-state index contributed by atoms with van der Waals surface area (Å²) in [5, 5.41) is 7.09.